The lowest BCUT2D eigenvalue weighted by molar-refractivity contribution is 0.214. The van der Waals surface area contributed by atoms with Gasteiger partial charge in [0, 0.05) is 30.3 Å². The lowest BCUT2D eigenvalue weighted by Gasteiger charge is -2.26. The maximum Gasteiger partial charge on any atom is 0.0313 e. The molecule has 0 N–H and O–H groups in total. The third-order valence-electron chi connectivity index (χ3n) is 2.63. The van der Waals surface area contributed by atoms with Crippen LogP contribution in [0, 0.1) is 6.92 Å². The Morgan fingerprint density at radius 3 is 2.69 bits per heavy atom. The number of pyridine rings is 1. The van der Waals surface area contributed by atoms with E-state index in [1.807, 2.05) is 12.4 Å². The number of halogens is 1. The van der Waals surface area contributed by atoms with Crippen molar-refractivity contribution >= 4 is 15.9 Å². The first-order valence-corrected chi connectivity index (χ1v) is 6.96. The third-order valence-corrected chi connectivity index (χ3v) is 3.19. The van der Waals surface area contributed by atoms with Crippen molar-refractivity contribution in [3.05, 3.63) is 29.6 Å². The highest BCUT2D eigenvalue weighted by molar-refractivity contribution is 9.09. The summed E-state index contributed by atoms with van der Waals surface area (Å²) in [5.41, 5.74) is 2.55. The number of hydrogen-bond acceptors (Lipinski definition) is 2. The summed E-state index contributed by atoms with van der Waals surface area (Å²) in [7, 11) is 0. The van der Waals surface area contributed by atoms with Gasteiger partial charge >= 0.3 is 0 Å². The van der Waals surface area contributed by atoms with E-state index < -0.39 is 0 Å². The van der Waals surface area contributed by atoms with Crippen LogP contribution in [-0.2, 0) is 6.54 Å². The molecule has 0 atom stereocenters. The van der Waals surface area contributed by atoms with Crippen LogP contribution in [0.5, 0.6) is 0 Å². The zero-order valence-electron chi connectivity index (χ0n) is 10.4. The van der Waals surface area contributed by atoms with Crippen LogP contribution < -0.4 is 0 Å². The summed E-state index contributed by atoms with van der Waals surface area (Å²) >= 11 is 3.49. The number of alkyl halides is 1. The number of rotatable bonds is 6. The third kappa shape index (κ3) is 4.62. The van der Waals surface area contributed by atoms with Crippen LogP contribution >= 0.6 is 15.9 Å². The molecule has 0 radical (unpaired) electrons. The largest absolute Gasteiger partial charge is 0.297 e. The Labute approximate surface area is 107 Å². The number of aromatic nitrogens is 1. The highest BCUT2D eigenvalue weighted by Crippen LogP contribution is 2.09. The number of aryl methyl sites for hydroxylation is 1. The van der Waals surface area contributed by atoms with Gasteiger partial charge in [0.05, 0.1) is 0 Å². The fourth-order valence-electron chi connectivity index (χ4n) is 1.72. The van der Waals surface area contributed by atoms with E-state index in [9.17, 15) is 0 Å². The van der Waals surface area contributed by atoms with Gasteiger partial charge < -0.3 is 0 Å². The number of hydrogen-bond donors (Lipinski definition) is 0. The topological polar surface area (TPSA) is 16.1 Å². The molecule has 0 aliphatic rings. The van der Waals surface area contributed by atoms with Crippen LogP contribution in [0.1, 0.15) is 31.4 Å². The molecule has 0 bridgehead atoms. The zero-order chi connectivity index (χ0) is 12.0. The van der Waals surface area contributed by atoms with Crippen molar-refractivity contribution in [3.63, 3.8) is 0 Å². The van der Waals surface area contributed by atoms with Crippen molar-refractivity contribution in [1.29, 1.82) is 0 Å². The average Bonchev–Trinajstić information content (AvgIpc) is 2.24. The Morgan fingerprint density at radius 1 is 1.38 bits per heavy atom. The second-order valence-corrected chi connectivity index (χ2v) is 5.27. The molecule has 0 saturated heterocycles. The quantitative estimate of drug-likeness (QED) is 0.745. The molecule has 3 heteroatoms. The van der Waals surface area contributed by atoms with E-state index in [-0.39, 0.29) is 0 Å². The molecule has 1 aromatic rings. The van der Waals surface area contributed by atoms with Gasteiger partial charge in [-0.3, -0.25) is 9.88 Å². The summed E-state index contributed by atoms with van der Waals surface area (Å²) in [6.45, 7) is 8.72. The van der Waals surface area contributed by atoms with Crippen LogP contribution in [0.15, 0.2) is 18.5 Å². The molecular weight excluding hydrogens is 264 g/mol. The average molecular weight is 285 g/mol. The summed E-state index contributed by atoms with van der Waals surface area (Å²) in [4.78, 5) is 6.72. The molecule has 1 heterocycles. The highest BCUT2D eigenvalue weighted by atomic mass is 79.9. The maximum atomic E-state index is 4.24. The standard InChI is InChI=1S/C13H21BrN2/c1-11(2)16(6-4-5-14)10-13-7-12(3)8-15-9-13/h7-9,11H,4-6,10H2,1-3H3. The number of nitrogens with zero attached hydrogens (tertiary/aromatic N) is 2. The summed E-state index contributed by atoms with van der Waals surface area (Å²) < 4.78 is 0. The van der Waals surface area contributed by atoms with Gasteiger partial charge in [0.15, 0.2) is 0 Å². The Balaban J connectivity index is 2.60. The van der Waals surface area contributed by atoms with Gasteiger partial charge in [-0.2, -0.15) is 0 Å². The Kier molecular flexibility index (Phi) is 5.99. The fraction of sp³-hybridized carbons (Fsp3) is 0.615. The predicted molar refractivity (Wildman–Crippen MR) is 72.9 cm³/mol. The summed E-state index contributed by atoms with van der Waals surface area (Å²) in [5, 5.41) is 1.07. The normalized spacial score (nSPS) is 11.4. The first-order valence-electron chi connectivity index (χ1n) is 5.84. The lowest BCUT2D eigenvalue weighted by atomic mass is 10.2. The fourth-order valence-corrected chi connectivity index (χ4v) is 1.97. The minimum atomic E-state index is 0.583. The maximum absolute atomic E-state index is 4.24. The van der Waals surface area contributed by atoms with Crippen LogP contribution in [0.4, 0.5) is 0 Å². The molecule has 2 nitrogen and oxygen atoms in total. The van der Waals surface area contributed by atoms with E-state index in [0.717, 1.165) is 18.4 Å². The van der Waals surface area contributed by atoms with E-state index in [1.54, 1.807) is 0 Å². The van der Waals surface area contributed by atoms with Gasteiger partial charge in [0.2, 0.25) is 0 Å². The molecule has 0 aliphatic heterocycles. The smallest absolute Gasteiger partial charge is 0.0313 e. The van der Waals surface area contributed by atoms with Gasteiger partial charge in [0.25, 0.3) is 0 Å². The van der Waals surface area contributed by atoms with E-state index >= 15 is 0 Å². The van der Waals surface area contributed by atoms with Crippen LogP contribution in [0.2, 0.25) is 0 Å². The van der Waals surface area contributed by atoms with Crippen molar-refractivity contribution in [2.24, 2.45) is 0 Å². The van der Waals surface area contributed by atoms with Crippen molar-refractivity contribution < 1.29 is 0 Å². The van der Waals surface area contributed by atoms with Crippen molar-refractivity contribution in [1.82, 2.24) is 9.88 Å². The summed E-state index contributed by atoms with van der Waals surface area (Å²) in [6.07, 6.45) is 5.07. The second kappa shape index (κ2) is 7.02. The minimum Gasteiger partial charge on any atom is -0.297 e. The van der Waals surface area contributed by atoms with E-state index in [4.69, 9.17) is 0 Å². The molecular formula is C13H21BrN2. The Morgan fingerprint density at radius 2 is 2.12 bits per heavy atom. The van der Waals surface area contributed by atoms with Gasteiger partial charge in [-0.1, -0.05) is 22.0 Å². The zero-order valence-corrected chi connectivity index (χ0v) is 12.0. The molecule has 0 spiro atoms. The van der Waals surface area contributed by atoms with Crippen LogP contribution in [-0.4, -0.2) is 27.8 Å². The molecule has 0 aliphatic carbocycles. The van der Waals surface area contributed by atoms with Gasteiger partial charge in [-0.15, -0.1) is 0 Å². The summed E-state index contributed by atoms with van der Waals surface area (Å²) in [6, 6.07) is 2.80. The van der Waals surface area contributed by atoms with E-state index in [1.165, 1.54) is 17.5 Å². The predicted octanol–water partition coefficient (Wildman–Crippen LogP) is 3.39. The first-order chi connectivity index (χ1) is 7.63. The van der Waals surface area contributed by atoms with E-state index in [0.29, 0.717) is 6.04 Å². The molecule has 0 aromatic carbocycles. The lowest BCUT2D eigenvalue weighted by Crippen LogP contribution is -2.31. The molecule has 0 saturated carbocycles. The van der Waals surface area contributed by atoms with Gasteiger partial charge in [0.1, 0.15) is 0 Å². The summed E-state index contributed by atoms with van der Waals surface area (Å²) in [5.74, 6) is 0. The molecule has 1 aromatic heterocycles. The van der Waals surface area contributed by atoms with Crippen LogP contribution in [0.3, 0.4) is 0 Å². The molecule has 16 heavy (non-hydrogen) atoms. The first kappa shape index (κ1) is 13.7. The van der Waals surface area contributed by atoms with Crippen LogP contribution in [0.25, 0.3) is 0 Å². The minimum absolute atomic E-state index is 0.583. The second-order valence-electron chi connectivity index (χ2n) is 4.48. The van der Waals surface area contributed by atoms with Crippen molar-refractivity contribution in [2.75, 3.05) is 11.9 Å². The van der Waals surface area contributed by atoms with Crippen molar-refractivity contribution in [2.45, 2.75) is 39.8 Å². The van der Waals surface area contributed by atoms with E-state index in [2.05, 4.69) is 52.7 Å². The Hall–Kier alpha value is -0.410. The molecule has 1 rings (SSSR count). The molecule has 0 amide bonds. The van der Waals surface area contributed by atoms with Gasteiger partial charge in [-0.25, -0.2) is 0 Å². The molecule has 0 fully saturated rings. The highest BCUT2D eigenvalue weighted by Gasteiger charge is 2.09. The molecule has 0 unspecified atom stereocenters. The SMILES string of the molecule is Cc1cncc(CN(CCCBr)C(C)C)c1. The van der Waals surface area contributed by atoms with Crippen molar-refractivity contribution in [3.8, 4) is 0 Å². The monoisotopic (exact) mass is 284 g/mol. The Bertz CT molecular complexity index is 313. The van der Waals surface area contributed by atoms with Gasteiger partial charge in [-0.05, 0) is 44.9 Å². The molecule has 90 valence electrons.